The summed E-state index contributed by atoms with van der Waals surface area (Å²) in [6.45, 7) is 0.652. The van der Waals surface area contributed by atoms with Crippen LogP contribution in [0.15, 0.2) is 10.7 Å². The Morgan fingerprint density at radius 1 is 1.59 bits per heavy atom. The molecule has 0 bridgehead atoms. The van der Waals surface area contributed by atoms with Crippen LogP contribution < -0.4 is 0 Å². The predicted octanol–water partition coefficient (Wildman–Crippen LogP) is 0.910. The summed E-state index contributed by atoms with van der Waals surface area (Å²) in [4.78, 5) is 4.19. The van der Waals surface area contributed by atoms with Gasteiger partial charge in [-0.1, -0.05) is 5.16 Å². The summed E-state index contributed by atoms with van der Waals surface area (Å²) in [7, 11) is 1.65. The Morgan fingerprint density at radius 3 is 3.24 bits per heavy atom. The average Bonchev–Trinajstić information content (AvgIpc) is 2.96. The van der Waals surface area contributed by atoms with Crippen LogP contribution in [-0.2, 0) is 11.2 Å². The zero-order chi connectivity index (χ0) is 12.1. The van der Waals surface area contributed by atoms with Crippen molar-refractivity contribution in [3.63, 3.8) is 0 Å². The van der Waals surface area contributed by atoms with Gasteiger partial charge in [-0.05, 0) is 6.42 Å². The Hall–Kier alpha value is -2.20. The Labute approximate surface area is 97.4 Å². The zero-order valence-electron chi connectivity index (χ0n) is 9.30. The van der Waals surface area contributed by atoms with Gasteiger partial charge in [-0.2, -0.15) is 15.3 Å². The van der Waals surface area contributed by atoms with E-state index in [-0.39, 0.29) is 0 Å². The van der Waals surface area contributed by atoms with Gasteiger partial charge in [-0.3, -0.25) is 5.10 Å². The van der Waals surface area contributed by atoms with Crippen LogP contribution in [0.3, 0.4) is 0 Å². The maximum absolute atomic E-state index is 8.82. The smallest absolute Gasteiger partial charge is 0.262 e. The number of hydrogen-bond donors (Lipinski definition) is 1. The van der Waals surface area contributed by atoms with Gasteiger partial charge in [0.25, 0.3) is 5.89 Å². The molecule has 88 valence electrons. The maximum Gasteiger partial charge on any atom is 0.262 e. The first-order valence-electron chi connectivity index (χ1n) is 5.10. The Kier molecular flexibility index (Phi) is 3.47. The van der Waals surface area contributed by atoms with Crippen LogP contribution in [0.2, 0.25) is 0 Å². The highest BCUT2D eigenvalue weighted by Crippen LogP contribution is 2.19. The standard InChI is InChI=1S/C10H11N5O2/c1-16-4-2-3-9-13-10(17-15-9)7-6-12-14-8(7)5-11/h6H,2-4H2,1H3,(H,12,14). The van der Waals surface area contributed by atoms with Crippen molar-refractivity contribution in [3.05, 3.63) is 17.7 Å². The number of methoxy groups -OCH3 is 1. The fourth-order valence-corrected chi connectivity index (χ4v) is 1.37. The molecule has 0 aromatic carbocycles. The number of aromatic amines is 1. The molecule has 0 amide bonds. The molecule has 0 aliphatic carbocycles. The normalized spacial score (nSPS) is 10.4. The molecule has 0 atom stereocenters. The van der Waals surface area contributed by atoms with Crippen molar-refractivity contribution in [3.8, 4) is 17.5 Å². The number of nitrogens with one attached hydrogen (secondary N) is 1. The van der Waals surface area contributed by atoms with Crippen LogP contribution in [-0.4, -0.2) is 34.1 Å². The molecule has 2 aromatic rings. The number of aromatic nitrogens is 4. The quantitative estimate of drug-likeness (QED) is 0.770. The van der Waals surface area contributed by atoms with Crippen molar-refractivity contribution < 1.29 is 9.26 Å². The molecule has 0 fully saturated rings. The van der Waals surface area contributed by atoms with Crippen LogP contribution in [0, 0.1) is 11.3 Å². The molecular weight excluding hydrogens is 222 g/mol. The monoisotopic (exact) mass is 233 g/mol. The largest absolute Gasteiger partial charge is 0.385 e. The minimum absolute atomic E-state index is 0.308. The number of nitrogens with zero attached hydrogens (tertiary/aromatic N) is 4. The van der Waals surface area contributed by atoms with Gasteiger partial charge in [0, 0.05) is 20.1 Å². The summed E-state index contributed by atoms with van der Waals surface area (Å²) in [6.07, 6.45) is 2.99. The highest BCUT2D eigenvalue weighted by Gasteiger charge is 2.14. The average molecular weight is 233 g/mol. The number of ether oxygens (including phenoxy) is 1. The summed E-state index contributed by atoms with van der Waals surface area (Å²) >= 11 is 0. The third-order valence-electron chi connectivity index (χ3n) is 2.20. The highest BCUT2D eigenvalue weighted by molar-refractivity contribution is 5.58. The summed E-state index contributed by atoms with van der Waals surface area (Å²) in [5.74, 6) is 0.907. The van der Waals surface area contributed by atoms with E-state index in [0.717, 1.165) is 6.42 Å². The third-order valence-corrected chi connectivity index (χ3v) is 2.20. The highest BCUT2D eigenvalue weighted by atomic mass is 16.5. The number of rotatable bonds is 5. The lowest BCUT2D eigenvalue weighted by atomic mass is 10.2. The molecule has 0 aliphatic rings. The molecule has 1 N–H and O–H groups in total. The van der Waals surface area contributed by atoms with Gasteiger partial charge in [0.1, 0.15) is 11.8 Å². The molecule has 0 spiro atoms. The van der Waals surface area contributed by atoms with E-state index in [1.807, 2.05) is 6.07 Å². The van der Waals surface area contributed by atoms with E-state index < -0.39 is 0 Å². The Bertz CT molecular complexity index is 525. The topological polar surface area (TPSA) is 101 Å². The van der Waals surface area contributed by atoms with Crippen molar-refractivity contribution in [2.75, 3.05) is 13.7 Å². The van der Waals surface area contributed by atoms with Crippen LogP contribution in [0.5, 0.6) is 0 Å². The molecule has 0 unspecified atom stereocenters. The second-order valence-electron chi connectivity index (χ2n) is 3.38. The van der Waals surface area contributed by atoms with E-state index in [0.29, 0.717) is 36.0 Å². The molecule has 7 nitrogen and oxygen atoms in total. The molecule has 0 saturated carbocycles. The van der Waals surface area contributed by atoms with Gasteiger partial charge in [0.2, 0.25) is 0 Å². The number of nitriles is 1. The predicted molar refractivity (Wildman–Crippen MR) is 56.8 cm³/mol. The zero-order valence-corrected chi connectivity index (χ0v) is 9.30. The molecule has 17 heavy (non-hydrogen) atoms. The third kappa shape index (κ3) is 2.49. The fourth-order valence-electron chi connectivity index (χ4n) is 1.37. The number of aryl methyl sites for hydroxylation is 1. The maximum atomic E-state index is 8.82. The molecule has 0 saturated heterocycles. The first-order chi connectivity index (χ1) is 8.35. The van der Waals surface area contributed by atoms with E-state index in [4.69, 9.17) is 14.5 Å². The van der Waals surface area contributed by atoms with Gasteiger partial charge < -0.3 is 9.26 Å². The molecule has 0 radical (unpaired) electrons. The van der Waals surface area contributed by atoms with Crippen molar-refractivity contribution in [2.24, 2.45) is 0 Å². The lowest BCUT2D eigenvalue weighted by molar-refractivity contribution is 0.194. The minimum Gasteiger partial charge on any atom is -0.385 e. The Balaban J connectivity index is 2.11. The lowest BCUT2D eigenvalue weighted by Crippen LogP contribution is -1.94. The van der Waals surface area contributed by atoms with Crippen molar-refractivity contribution in [1.82, 2.24) is 20.3 Å². The first kappa shape index (κ1) is 11.3. The molecule has 0 aliphatic heterocycles. The second-order valence-corrected chi connectivity index (χ2v) is 3.38. The lowest BCUT2D eigenvalue weighted by Gasteiger charge is -1.93. The summed E-state index contributed by atoms with van der Waals surface area (Å²) in [5, 5.41) is 19.0. The molecular formula is C10H11N5O2. The first-order valence-corrected chi connectivity index (χ1v) is 5.10. The molecule has 7 heteroatoms. The molecule has 2 heterocycles. The van der Waals surface area contributed by atoms with Crippen LogP contribution in [0.25, 0.3) is 11.5 Å². The van der Waals surface area contributed by atoms with E-state index in [1.54, 1.807) is 7.11 Å². The van der Waals surface area contributed by atoms with Gasteiger partial charge in [0.15, 0.2) is 5.82 Å². The van der Waals surface area contributed by atoms with Crippen LogP contribution in [0.1, 0.15) is 17.9 Å². The SMILES string of the molecule is COCCCc1noc(-c2cn[nH]c2C#N)n1. The molecule has 2 aromatic heterocycles. The van der Waals surface area contributed by atoms with Crippen LogP contribution >= 0.6 is 0 Å². The van der Waals surface area contributed by atoms with Crippen molar-refractivity contribution >= 4 is 0 Å². The summed E-state index contributed by atoms with van der Waals surface area (Å²) in [5.41, 5.74) is 0.843. The van der Waals surface area contributed by atoms with E-state index in [1.165, 1.54) is 6.20 Å². The van der Waals surface area contributed by atoms with Crippen molar-refractivity contribution in [2.45, 2.75) is 12.8 Å². The number of H-pyrrole nitrogens is 1. The van der Waals surface area contributed by atoms with E-state index in [2.05, 4.69) is 20.3 Å². The second kappa shape index (κ2) is 5.23. The summed E-state index contributed by atoms with van der Waals surface area (Å²) in [6, 6.07) is 1.97. The fraction of sp³-hybridized carbons (Fsp3) is 0.400. The summed E-state index contributed by atoms with van der Waals surface area (Å²) < 4.78 is 10.0. The van der Waals surface area contributed by atoms with Gasteiger partial charge in [-0.15, -0.1) is 0 Å². The minimum atomic E-state index is 0.308. The van der Waals surface area contributed by atoms with E-state index >= 15 is 0 Å². The number of hydrogen-bond acceptors (Lipinski definition) is 6. The van der Waals surface area contributed by atoms with E-state index in [9.17, 15) is 0 Å². The van der Waals surface area contributed by atoms with Gasteiger partial charge in [0.05, 0.1) is 11.8 Å². The molecule has 2 rings (SSSR count). The van der Waals surface area contributed by atoms with Gasteiger partial charge >= 0.3 is 0 Å². The van der Waals surface area contributed by atoms with Crippen molar-refractivity contribution in [1.29, 1.82) is 5.26 Å². The Morgan fingerprint density at radius 2 is 2.47 bits per heavy atom. The van der Waals surface area contributed by atoms with Gasteiger partial charge in [-0.25, -0.2) is 0 Å². The van der Waals surface area contributed by atoms with Crippen LogP contribution in [0.4, 0.5) is 0 Å².